The minimum absolute atomic E-state index is 0.0879. The van der Waals surface area contributed by atoms with E-state index in [4.69, 9.17) is 9.47 Å². The van der Waals surface area contributed by atoms with Gasteiger partial charge in [0, 0.05) is 36.5 Å². The van der Waals surface area contributed by atoms with E-state index in [2.05, 4.69) is 10.6 Å². The molecule has 4 rings (SSSR count). The molecule has 0 radical (unpaired) electrons. The van der Waals surface area contributed by atoms with Crippen LogP contribution in [-0.2, 0) is 14.3 Å². The highest BCUT2D eigenvalue weighted by atomic mass is 16.6. The summed E-state index contributed by atoms with van der Waals surface area (Å²) in [7, 11) is 1.46. The third-order valence-electron chi connectivity index (χ3n) is 5.52. The van der Waals surface area contributed by atoms with Gasteiger partial charge in [-0.05, 0) is 24.3 Å². The number of carbonyl (C=O) groups excluding carboxylic acids is 3. The van der Waals surface area contributed by atoms with Crippen molar-refractivity contribution >= 4 is 41.0 Å². The number of amides is 4. The molecule has 12 nitrogen and oxygen atoms in total. The zero-order valence-electron chi connectivity index (χ0n) is 18.9. The first-order valence-electron chi connectivity index (χ1n) is 10.8. The molecule has 0 spiro atoms. The highest BCUT2D eigenvalue weighted by Crippen LogP contribution is 2.29. The zero-order chi connectivity index (χ0) is 24.9. The van der Waals surface area contributed by atoms with E-state index in [9.17, 15) is 24.5 Å². The molecular formula is C23H23N5O7. The lowest BCUT2D eigenvalue weighted by molar-refractivity contribution is -0.384. The molecule has 2 fully saturated rings. The number of non-ortho nitro benzene ring substituents is 1. The van der Waals surface area contributed by atoms with Gasteiger partial charge in [0.15, 0.2) is 0 Å². The van der Waals surface area contributed by atoms with E-state index in [-0.39, 0.29) is 11.4 Å². The van der Waals surface area contributed by atoms with Crippen LogP contribution in [0.1, 0.15) is 5.56 Å². The SMILES string of the molecule is COc1ccccc1NC(=O)CN1C(=O)N/C(=C\c2cc([N+](=O)[O-])ccc2N2CCOCC2)C1=O. The second-order valence-corrected chi connectivity index (χ2v) is 7.73. The Bertz CT molecular complexity index is 1210. The van der Waals surface area contributed by atoms with Gasteiger partial charge in [-0.1, -0.05) is 12.1 Å². The number of rotatable bonds is 7. The average molecular weight is 481 g/mol. The summed E-state index contributed by atoms with van der Waals surface area (Å²) in [6.45, 7) is 1.62. The lowest BCUT2D eigenvalue weighted by Gasteiger charge is -2.30. The summed E-state index contributed by atoms with van der Waals surface area (Å²) < 4.78 is 10.6. The number of urea groups is 1. The number of para-hydroxylation sites is 2. The van der Waals surface area contributed by atoms with E-state index in [0.29, 0.717) is 49.0 Å². The molecular weight excluding hydrogens is 458 g/mol. The molecule has 2 heterocycles. The lowest BCUT2D eigenvalue weighted by atomic mass is 10.1. The normalized spacial score (nSPS) is 16.9. The van der Waals surface area contributed by atoms with Crippen LogP contribution in [-0.4, -0.2) is 67.6 Å². The molecule has 4 amide bonds. The number of ether oxygens (including phenoxy) is 2. The maximum Gasteiger partial charge on any atom is 0.329 e. The maximum atomic E-state index is 12.9. The Morgan fingerprint density at radius 2 is 1.97 bits per heavy atom. The number of nitro groups is 1. The molecule has 0 unspecified atom stereocenters. The number of nitrogens with one attached hydrogen (secondary N) is 2. The van der Waals surface area contributed by atoms with Gasteiger partial charge in [0.1, 0.15) is 18.0 Å². The minimum Gasteiger partial charge on any atom is -0.495 e. The summed E-state index contributed by atoms with van der Waals surface area (Å²) in [6.07, 6.45) is 1.39. The number of anilines is 2. The van der Waals surface area contributed by atoms with Gasteiger partial charge in [0.25, 0.3) is 11.6 Å². The van der Waals surface area contributed by atoms with Crippen LogP contribution >= 0.6 is 0 Å². The maximum absolute atomic E-state index is 12.9. The number of hydrogen-bond acceptors (Lipinski definition) is 8. The highest BCUT2D eigenvalue weighted by molar-refractivity contribution is 6.16. The van der Waals surface area contributed by atoms with E-state index < -0.39 is 29.3 Å². The van der Waals surface area contributed by atoms with Gasteiger partial charge in [0.2, 0.25) is 5.91 Å². The van der Waals surface area contributed by atoms with Crippen molar-refractivity contribution in [2.45, 2.75) is 0 Å². The van der Waals surface area contributed by atoms with Gasteiger partial charge >= 0.3 is 6.03 Å². The van der Waals surface area contributed by atoms with Gasteiger partial charge in [0.05, 0.1) is 30.9 Å². The monoisotopic (exact) mass is 481 g/mol. The van der Waals surface area contributed by atoms with Crippen LogP contribution < -0.4 is 20.3 Å². The Morgan fingerprint density at radius 3 is 2.69 bits per heavy atom. The fraction of sp³-hybridized carbons (Fsp3) is 0.261. The summed E-state index contributed by atoms with van der Waals surface area (Å²) in [5, 5.41) is 16.4. The van der Waals surface area contributed by atoms with Gasteiger partial charge < -0.3 is 25.0 Å². The van der Waals surface area contributed by atoms with Crippen LogP contribution in [0.4, 0.5) is 21.9 Å². The Balaban J connectivity index is 1.56. The van der Waals surface area contributed by atoms with Gasteiger partial charge in [-0.2, -0.15) is 0 Å². The molecule has 2 aromatic rings. The van der Waals surface area contributed by atoms with Crippen molar-refractivity contribution in [3.8, 4) is 5.75 Å². The minimum atomic E-state index is -0.769. The Labute approximate surface area is 200 Å². The smallest absolute Gasteiger partial charge is 0.329 e. The fourth-order valence-electron chi connectivity index (χ4n) is 3.82. The van der Waals surface area contributed by atoms with Crippen molar-refractivity contribution in [3.63, 3.8) is 0 Å². The third kappa shape index (κ3) is 5.22. The molecule has 0 bridgehead atoms. The third-order valence-corrected chi connectivity index (χ3v) is 5.52. The molecule has 0 saturated carbocycles. The number of methoxy groups -OCH3 is 1. The van der Waals surface area contributed by atoms with Crippen molar-refractivity contribution in [1.82, 2.24) is 10.2 Å². The summed E-state index contributed by atoms with van der Waals surface area (Å²) in [6, 6.07) is 10.3. The van der Waals surface area contributed by atoms with Crippen LogP contribution in [0, 0.1) is 10.1 Å². The number of benzene rings is 2. The van der Waals surface area contributed by atoms with Crippen molar-refractivity contribution in [1.29, 1.82) is 0 Å². The summed E-state index contributed by atoms with van der Waals surface area (Å²) in [5.41, 5.74) is 1.22. The molecule has 2 saturated heterocycles. The molecule has 2 N–H and O–H groups in total. The highest BCUT2D eigenvalue weighted by Gasteiger charge is 2.35. The largest absolute Gasteiger partial charge is 0.495 e. The lowest BCUT2D eigenvalue weighted by Crippen LogP contribution is -2.38. The quantitative estimate of drug-likeness (QED) is 0.264. The number of morpholine rings is 1. The first-order chi connectivity index (χ1) is 16.9. The number of nitrogens with zero attached hydrogens (tertiary/aromatic N) is 3. The average Bonchev–Trinajstić information content (AvgIpc) is 3.12. The summed E-state index contributed by atoms with van der Waals surface area (Å²) >= 11 is 0. The van der Waals surface area contributed by atoms with Gasteiger partial charge in [-0.3, -0.25) is 19.7 Å². The first-order valence-corrected chi connectivity index (χ1v) is 10.8. The van der Waals surface area contributed by atoms with Crippen molar-refractivity contribution in [3.05, 3.63) is 63.8 Å². The van der Waals surface area contributed by atoms with Crippen LogP contribution in [0.15, 0.2) is 48.2 Å². The van der Waals surface area contributed by atoms with Crippen LogP contribution in [0.25, 0.3) is 6.08 Å². The molecule has 0 aromatic heterocycles. The molecule has 35 heavy (non-hydrogen) atoms. The Kier molecular flexibility index (Phi) is 6.92. The second kappa shape index (κ2) is 10.2. The van der Waals surface area contributed by atoms with Gasteiger partial charge in [-0.25, -0.2) is 9.69 Å². The fourth-order valence-corrected chi connectivity index (χ4v) is 3.82. The van der Waals surface area contributed by atoms with Crippen LogP contribution in [0.5, 0.6) is 5.75 Å². The second-order valence-electron chi connectivity index (χ2n) is 7.73. The van der Waals surface area contributed by atoms with Crippen molar-refractivity contribution in [2.24, 2.45) is 0 Å². The molecule has 2 aliphatic heterocycles. The topological polar surface area (TPSA) is 143 Å². The Morgan fingerprint density at radius 1 is 1.23 bits per heavy atom. The van der Waals surface area contributed by atoms with Crippen LogP contribution in [0.3, 0.4) is 0 Å². The summed E-state index contributed by atoms with van der Waals surface area (Å²) in [4.78, 5) is 51.5. The standard InChI is InChI=1S/C23H23N5O7/c1-34-20-5-3-2-4-17(20)24-21(29)14-27-22(30)18(25-23(27)31)13-15-12-16(28(32)33)6-7-19(15)26-8-10-35-11-9-26/h2-7,12-13H,8-11,14H2,1H3,(H,24,29)(H,25,31)/b18-13-. The molecule has 12 heteroatoms. The van der Waals surface area contributed by atoms with Crippen molar-refractivity contribution in [2.75, 3.05) is 50.2 Å². The molecule has 182 valence electrons. The van der Waals surface area contributed by atoms with E-state index in [1.54, 1.807) is 30.3 Å². The van der Waals surface area contributed by atoms with E-state index in [1.807, 2.05) is 4.90 Å². The predicted octanol–water partition coefficient (Wildman–Crippen LogP) is 1.97. The number of carbonyl (C=O) groups is 3. The first kappa shape index (κ1) is 23.7. The number of imide groups is 1. The van der Waals surface area contributed by atoms with Gasteiger partial charge in [-0.15, -0.1) is 0 Å². The molecule has 2 aromatic carbocycles. The van der Waals surface area contributed by atoms with Crippen molar-refractivity contribution < 1.29 is 28.8 Å². The number of nitro benzene ring substituents is 1. The predicted molar refractivity (Wildman–Crippen MR) is 126 cm³/mol. The number of hydrogen-bond donors (Lipinski definition) is 2. The van der Waals surface area contributed by atoms with E-state index in [1.165, 1.54) is 25.3 Å². The summed E-state index contributed by atoms with van der Waals surface area (Å²) in [5.74, 6) is -0.881. The van der Waals surface area contributed by atoms with E-state index >= 15 is 0 Å². The molecule has 0 atom stereocenters. The zero-order valence-corrected chi connectivity index (χ0v) is 18.9. The van der Waals surface area contributed by atoms with Crippen LogP contribution in [0.2, 0.25) is 0 Å². The Hall–Kier alpha value is -4.45. The molecule has 0 aliphatic carbocycles. The molecule has 2 aliphatic rings. The van der Waals surface area contributed by atoms with E-state index in [0.717, 1.165) is 4.90 Å².